The van der Waals surface area contributed by atoms with E-state index < -0.39 is 0 Å². The van der Waals surface area contributed by atoms with Crippen molar-refractivity contribution in [2.45, 2.75) is 52.1 Å². The molecule has 1 aliphatic rings. The molecule has 1 unspecified atom stereocenters. The Morgan fingerprint density at radius 2 is 2.18 bits per heavy atom. The topological polar surface area (TPSA) is 30.5 Å². The van der Waals surface area contributed by atoms with E-state index in [0.29, 0.717) is 6.10 Å². The number of nitrogens with one attached hydrogen (secondary N) is 1. The maximum atomic E-state index is 5.58. The molecule has 3 nitrogen and oxygen atoms in total. The molecule has 0 aliphatic carbocycles. The van der Waals surface area contributed by atoms with Gasteiger partial charge >= 0.3 is 0 Å². The number of hydrogen-bond donors (Lipinski definition) is 1. The second kappa shape index (κ2) is 9.86. The van der Waals surface area contributed by atoms with Gasteiger partial charge < -0.3 is 14.8 Å². The highest BCUT2D eigenvalue weighted by Gasteiger charge is 2.14. The standard InChI is InChI=1S/C14H29NO2/c1-13(2)7-11-16-12-9-15-8-3-5-14-6-4-10-17-14/h13-15H,3-12H2,1-2H3. The fourth-order valence-corrected chi connectivity index (χ4v) is 2.02. The molecule has 1 aliphatic heterocycles. The van der Waals surface area contributed by atoms with Gasteiger partial charge in [-0.15, -0.1) is 0 Å². The van der Waals surface area contributed by atoms with Crippen LogP contribution in [0.4, 0.5) is 0 Å². The molecule has 0 bridgehead atoms. The summed E-state index contributed by atoms with van der Waals surface area (Å²) in [4.78, 5) is 0. The van der Waals surface area contributed by atoms with Crippen molar-refractivity contribution in [3.05, 3.63) is 0 Å². The molecule has 3 heteroatoms. The molecular formula is C14H29NO2. The van der Waals surface area contributed by atoms with Gasteiger partial charge in [0, 0.05) is 19.8 Å². The number of ether oxygens (including phenoxy) is 2. The third-order valence-corrected chi connectivity index (χ3v) is 3.17. The lowest BCUT2D eigenvalue weighted by Crippen LogP contribution is -2.22. The largest absolute Gasteiger partial charge is 0.380 e. The Balaban J connectivity index is 1.72. The molecule has 1 atom stereocenters. The van der Waals surface area contributed by atoms with Crippen LogP contribution >= 0.6 is 0 Å². The molecule has 0 aromatic heterocycles. The second-order valence-corrected chi connectivity index (χ2v) is 5.32. The van der Waals surface area contributed by atoms with Crippen molar-refractivity contribution >= 4 is 0 Å². The molecule has 17 heavy (non-hydrogen) atoms. The van der Waals surface area contributed by atoms with Crippen molar-refractivity contribution in [1.29, 1.82) is 0 Å². The molecule has 1 N–H and O–H groups in total. The van der Waals surface area contributed by atoms with Crippen molar-refractivity contribution in [3.8, 4) is 0 Å². The van der Waals surface area contributed by atoms with Gasteiger partial charge in [0.05, 0.1) is 12.7 Å². The lowest BCUT2D eigenvalue weighted by Gasteiger charge is -2.10. The van der Waals surface area contributed by atoms with Crippen LogP contribution < -0.4 is 5.32 Å². The SMILES string of the molecule is CC(C)CCOCCNCCCC1CCCO1. The summed E-state index contributed by atoms with van der Waals surface area (Å²) in [6.45, 7) is 9.24. The second-order valence-electron chi connectivity index (χ2n) is 5.32. The summed E-state index contributed by atoms with van der Waals surface area (Å²) in [5, 5.41) is 3.42. The van der Waals surface area contributed by atoms with Gasteiger partial charge in [0.25, 0.3) is 0 Å². The first-order chi connectivity index (χ1) is 8.29. The Morgan fingerprint density at radius 1 is 1.29 bits per heavy atom. The van der Waals surface area contributed by atoms with Gasteiger partial charge in [-0.2, -0.15) is 0 Å². The van der Waals surface area contributed by atoms with Crippen LogP contribution in [0.5, 0.6) is 0 Å². The van der Waals surface area contributed by atoms with E-state index in [2.05, 4.69) is 19.2 Å². The summed E-state index contributed by atoms with van der Waals surface area (Å²) < 4.78 is 11.1. The van der Waals surface area contributed by atoms with Crippen LogP contribution in [0.3, 0.4) is 0 Å². The van der Waals surface area contributed by atoms with Crippen LogP contribution in [0.15, 0.2) is 0 Å². The first kappa shape index (κ1) is 14.9. The minimum absolute atomic E-state index is 0.541. The molecule has 1 heterocycles. The summed E-state index contributed by atoms with van der Waals surface area (Å²) in [5.41, 5.74) is 0. The Bertz CT molecular complexity index is 168. The number of rotatable bonds is 10. The third-order valence-electron chi connectivity index (χ3n) is 3.17. The Hall–Kier alpha value is -0.120. The first-order valence-corrected chi connectivity index (χ1v) is 7.19. The molecular weight excluding hydrogens is 214 g/mol. The summed E-state index contributed by atoms with van der Waals surface area (Å²) >= 11 is 0. The molecule has 0 amide bonds. The van der Waals surface area contributed by atoms with Crippen LogP contribution in [-0.4, -0.2) is 39.0 Å². The van der Waals surface area contributed by atoms with Crippen molar-refractivity contribution in [3.63, 3.8) is 0 Å². The van der Waals surface area contributed by atoms with Crippen molar-refractivity contribution in [2.24, 2.45) is 5.92 Å². The van der Waals surface area contributed by atoms with Crippen LogP contribution in [-0.2, 0) is 9.47 Å². The van der Waals surface area contributed by atoms with E-state index in [9.17, 15) is 0 Å². The van der Waals surface area contributed by atoms with E-state index in [0.717, 1.165) is 38.8 Å². The lowest BCUT2D eigenvalue weighted by atomic mass is 10.1. The Labute approximate surface area is 106 Å². The van der Waals surface area contributed by atoms with E-state index >= 15 is 0 Å². The number of hydrogen-bond acceptors (Lipinski definition) is 3. The highest BCUT2D eigenvalue weighted by molar-refractivity contribution is 4.65. The maximum Gasteiger partial charge on any atom is 0.0590 e. The van der Waals surface area contributed by atoms with Crippen molar-refractivity contribution in [1.82, 2.24) is 5.32 Å². The predicted octanol–water partition coefficient (Wildman–Crippen LogP) is 2.60. The predicted molar refractivity (Wildman–Crippen MR) is 71.4 cm³/mol. The first-order valence-electron chi connectivity index (χ1n) is 7.19. The molecule has 1 fully saturated rings. The smallest absolute Gasteiger partial charge is 0.0590 e. The fourth-order valence-electron chi connectivity index (χ4n) is 2.02. The van der Waals surface area contributed by atoms with Crippen LogP contribution in [0.25, 0.3) is 0 Å². The van der Waals surface area contributed by atoms with E-state index in [1.165, 1.54) is 32.1 Å². The monoisotopic (exact) mass is 243 g/mol. The molecule has 0 aromatic rings. The molecule has 102 valence electrons. The zero-order valence-corrected chi connectivity index (χ0v) is 11.5. The van der Waals surface area contributed by atoms with Gasteiger partial charge in [0.1, 0.15) is 0 Å². The Kier molecular flexibility index (Phi) is 8.67. The quantitative estimate of drug-likeness (QED) is 0.598. The highest BCUT2D eigenvalue weighted by Crippen LogP contribution is 2.16. The van der Waals surface area contributed by atoms with E-state index in [1.54, 1.807) is 0 Å². The average Bonchev–Trinajstić information content (AvgIpc) is 2.79. The molecule has 0 radical (unpaired) electrons. The summed E-state index contributed by atoms with van der Waals surface area (Å²) in [6, 6.07) is 0. The van der Waals surface area contributed by atoms with Crippen LogP contribution in [0.2, 0.25) is 0 Å². The van der Waals surface area contributed by atoms with Crippen LogP contribution in [0.1, 0.15) is 46.0 Å². The summed E-state index contributed by atoms with van der Waals surface area (Å²) in [7, 11) is 0. The van der Waals surface area contributed by atoms with E-state index in [4.69, 9.17) is 9.47 Å². The molecule has 0 saturated carbocycles. The average molecular weight is 243 g/mol. The minimum Gasteiger partial charge on any atom is -0.380 e. The van der Waals surface area contributed by atoms with Crippen molar-refractivity contribution in [2.75, 3.05) is 32.9 Å². The van der Waals surface area contributed by atoms with Gasteiger partial charge in [-0.3, -0.25) is 0 Å². The van der Waals surface area contributed by atoms with Gasteiger partial charge in [-0.1, -0.05) is 13.8 Å². The van der Waals surface area contributed by atoms with Gasteiger partial charge in [0.15, 0.2) is 0 Å². The van der Waals surface area contributed by atoms with E-state index in [-0.39, 0.29) is 0 Å². The summed E-state index contributed by atoms with van der Waals surface area (Å²) in [6.07, 6.45) is 6.65. The van der Waals surface area contributed by atoms with E-state index in [1.807, 2.05) is 0 Å². The third kappa shape index (κ3) is 8.58. The maximum absolute atomic E-state index is 5.58. The molecule has 1 rings (SSSR count). The van der Waals surface area contributed by atoms with Gasteiger partial charge in [-0.25, -0.2) is 0 Å². The molecule has 0 spiro atoms. The zero-order chi connectivity index (χ0) is 12.3. The Morgan fingerprint density at radius 3 is 2.88 bits per heavy atom. The normalized spacial score (nSPS) is 20.3. The van der Waals surface area contributed by atoms with Crippen LogP contribution in [0, 0.1) is 5.92 Å². The highest BCUT2D eigenvalue weighted by atomic mass is 16.5. The fraction of sp³-hybridized carbons (Fsp3) is 1.00. The zero-order valence-electron chi connectivity index (χ0n) is 11.5. The van der Waals surface area contributed by atoms with Crippen molar-refractivity contribution < 1.29 is 9.47 Å². The molecule has 0 aromatic carbocycles. The minimum atomic E-state index is 0.541. The summed E-state index contributed by atoms with van der Waals surface area (Å²) in [5.74, 6) is 0.745. The van der Waals surface area contributed by atoms with Gasteiger partial charge in [-0.05, 0) is 44.6 Å². The van der Waals surface area contributed by atoms with Gasteiger partial charge in [0.2, 0.25) is 0 Å². The molecule has 1 saturated heterocycles. The lowest BCUT2D eigenvalue weighted by molar-refractivity contribution is 0.102.